The first-order valence-electron chi connectivity index (χ1n) is 6.07. The molecule has 96 valence electrons. The second-order valence-corrected chi connectivity index (χ2v) is 4.75. The van der Waals surface area contributed by atoms with Crippen LogP contribution in [0.15, 0.2) is 24.3 Å². The van der Waals surface area contributed by atoms with E-state index < -0.39 is 0 Å². The molecule has 1 rings (SSSR count). The van der Waals surface area contributed by atoms with Gasteiger partial charge in [0.15, 0.2) is 0 Å². The van der Waals surface area contributed by atoms with E-state index in [1.54, 1.807) is 7.11 Å². The minimum absolute atomic E-state index is 0.678. The molecule has 0 aliphatic carbocycles. The molecule has 0 heterocycles. The topological polar surface area (TPSA) is 18.5 Å². The quantitative estimate of drug-likeness (QED) is 0.565. The van der Waals surface area contributed by atoms with Crippen molar-refractivity contribution in [1.29, 1.82) is 0 Å². The van der Waals surface area contributed by atoms with Crippen molar-refractivity contribution in [3.05, 3.63) is 29.8 Å². The second kappa shape index (κ2) is 8.43. The standard InChI is InChI=1S/C14H22O2S/c1-12(8-10-17)7-9-16-11-13-3-5-14(15-2)6-4-13/h3-6,12,17H,7-11H2,1-2H3. The Bertz CT molecular complexity index is 298. The van der Waals surface area contributed by atoms with Crippen LogP contribution in [0.1, 0.15) is 25.3 Å². The van der Waals surface area contributed by atoms with E-state index in [0.717, 1.165) is 31.0 Å². The van der Waals surface area contributed by atoms with E-state index in [-0.39, 0.29) is 0 Å². The Balaban J connectivity index is 2.17. The lowest BCUT2D eigenvalue weighted by Gasteiger charge is -2.10. The third-order valence-corrected chi connectivity index (χ3v) is 3.06. The van der Waals surface area contributed by atoms with Crippen molar-refractivity contribution in [3.8, 4) is 5.75 Å². The van der Waals surface area contributed by atoms with Gasteiger partial charge in [-0.1, -0.05) is 19.1 Å². The monoisotopic (exact) mass is 254 g/mol. The number of benzene rings is 1. The van der Waals surface area contributed by atoms with Crippen LogP contribution in [0.25, 0.3) is 0 Å². The van der Waals surface area contributed by atoms with E-state index >= 15 is 0 Å². The molecule has 0 N–H and O–H groups in total. The highest BCUT2D eigenvalue weighted by molar-refractivity contribution is 7.80. The third-order valence-electron chi connectivity index (χ3n) is 2.80. The van der Waals surface area contributed by atoms with Gasteiger partial charge in [-0.3, -0.25) is 0 Å². The van der Waals surface area contributed by atoms with Crippen LogP contribution < -0.4 is 4.74 Å². The Morgan fingerprint density at radius 3 is 2.47 bits per heavy atom. The zero-order valence-corrected chi connectivity index (χ0v) is 11.6. The fraction of sp³-hybridized carbons (Fsp3) is 0.571. The number of hydrogen-bond acceptors (Lipinski definition) is 3. The van der Waals surface area contributed by atoms with Crippen LogP contribution in [0.2, 0.25) is 0 Å². The maximum atomic E-state index is 5.64. The lowest BCUT2D eigenvalue weighted by atomic mass is 10.1. The average molecular weight is 254 g/mol. The predicted molar refractivity (Wildman–Crippen MR) is 74.9 cm³/mol. The Morgan fingerprint density at radius 2 is 1.88 bits per heavy atom. The molecule has 0 spiro atoms. The van der Waals surface area contributed by atoms with Gasteiger partial charge in [-0.2, -0.15) is 12.6 Å². The van der Waals surface area contributed by atoms with Gasteiger partial charge in [-0.15, -0.1) is 0 Å². The molecule has 17 heavy (non-hydrogen) atoms. The molecule has 1 aromatic carbocycles. The molecule has 0 fully saturated rings. The summed E-state index contributed by atoms with van der Waals surface area (Å²) in [4.78, 5) is 0. The Kier molecular flexibility index (Phi) is 7.13. The molecule has 0 saturated heterocycles. The molecular formula is C14H22O2S. The van der Waals surface area contributed by atoms with Gasteiger partial charge in [-0.25, -0.2) is 0 Å². The van der Waals surface area contributed by atoms with Gasteiger partial charge in [0.05, 0.1) is 13.7 Å². The summed E-state index contributed by atoms with van der Waals surface area (Å²) in [5, 5.41) is 0. The second-order valence-electron chi connectivity index (χ2n) is 4.31. The predicted octanol–water partition coefficient (Wildman–Crippen LogP) is 3.56. The smallest absolute Gasteiger partial charge is 0.118 e. The summed E-state index contributed by atoms with van der Waals surface area (Å²) in [5.41, 5.74) is 1.19. The van der Waals surface area contributed by atoms with E-state index in [1.165, 1.54) is 5.56 Å². The van der Waals surface area contributed by atoms with Crippen LogP contribution >= 0.6 is 12.6 Å². The molecule has 2 nitrogen and oxygen atoms in total. The van der Waals surface area contributed by atoms with Crippen molar-refractivity contribution >= 4 is 12.6 Å². The summed E-state index contributed by atoms with van der Waals surface area (Å²) < 4.78 is 10.7. The lowest BCUT2D eigenvalue weighted by Crippen LogP contribution is -2.02. The Hall–Kier alpha value is -0.670. The van der Waals surface area contributed by atoms with Gasteiger partial charge in [-0.05, 0) is 42.2 Å². The van der Waals surface area contributed by atoms with Crippen LogP contribution in [0, 0.1) is 5.92 Å². The van der Waals surface area contributed by atoms with Crippen LogP contribution in [0.5, 0.6) is 5.75 Å². The number of thiol groups is 1. The molecule has 0 aliphatic heterocycles. The molecular weight excluding hydrogens is 232 g/mol. The zero-order valence-electron chi connectivity index (χ0n) is 10.7. The average Bonchev–Trinajstić information content (AvgIpc) is 2.36. The molecule has 0 radical (unpaired) electrons. The number of rotatable bonds is 8. The van der Waals surface area contributed by atoms with Crippen molar-refractivity contribution in [1.82, 2.24) is 0 Å². The summed E-state index contributed by atoms with van der Waals surface area (Å²) in [6, 6.07) is 8.00. The highest BCUT2D eigenvalue weighted by Gasteiger charge is 2.01. The molecule has 1 atom stereocenters. The van der Waals surface area contributed by atoms with Crippen molar-refractivity contribution in [2.24, 2.45) is 5.92 Å². The summed E-state index contributed by atoms with van der Waals surface area (Å²) in [6.07, 6.45) is 2.27. The van der Waals surface area contributed by atoms with Crippen molar-refractivity contribution in [2.45, 2.75) is 26.4 Å². The molecule has 0 aromatic heterocycles. The SMILES string of the molecule is COc1ccc(COCCC(C)CCS)cc1. The van der Waals surface area contributed by atoms with Gasteiger partial charge in [0, 0.05) is 6.61 Å². The summed E-state index contributed by atoms with van der Waals surface area (Å²) in [7, 11) is 1.67. The summed E-state index contributed by atoms with van der Waals surface area (Å²) in [6.45, 7) is 3.74. The van der Waals surface area contributed by atoms with Crippen LogP contribution in [0.4, 0.5) is 0 Å². The number of hydrogen-bond donors (Lipinski definition) is 1. The summed E-state index contributed by atoms with van der Waals surface area (Å²) in [5.74, 6) is 2.54. The highest BCUT2D eigenvalue weighted by atomic mass is 32.1. The van der Waals surface area contributed by atoms with Crippen molar-refractivity contribution < 1.29 is 9.47 Å². The maximum absolute atomic E-state index is 5.64. The van der Waals surface area contributed by atoms with Crippen LogP contribution in [0.3, 0.4) is 0 Å². The zero-order chi connectivity index (χ0) is 12.5. The summed E-state index contributed by atoms with van der Waals surface area (Å²) >= 11 is 4.23. The molecule has 1 unspecified atom stereocenters. The minimum Gasteiger partial charge on any atom is -0.497 e. The molecule has 0 aliphatic rings. The molecule has 1 aromatic rings. The van der Waals surface area contributed by atoms with Crippen LogP contribution in [-0.4, -0.2) is 19.5 Å². The van der Waals surface area contributed by atoms with Gasteiger partial charge >= 0.3 is 0 Å². The fourth-order valence-electron chi connectivity index (χ4n) is 1.56. The Labute approximate surface area is 110 Å². The Morgan fingerprint density at radius 1 is 1.18 bits per heavy atom. The van der Waals surface area contributed by atoms with E-state index in [4.69, 9.17) is 9.47 Å². The molecule has 3 heteroatoms. The molecule has 0 saturated carbocycles. The third kappa shape index (κ3) is 5.99. The van der Waals surface area contributed by atoms with Gasteiger partial charge in [0.25, 0.3) is 0 Å². The largest absolute Gasteiger partial charge is 0.497 e. The minimum atomic E-state index is 0.678. The van der Waals surface area contributed by atoms with Crippen molar-refractivity contribution in [2.75, 3.05) is 19.5 Å². The normalized spacial score (nSPS) is 12.4. The van der Waals surface area contributed by atoms with Gasteiger partial charge < -0.3 is 9.47 Å². The lowest BCUT2D eigenvalue weighted by molar-refractivity contribution is 0.108. The van der Waals surface area contributed by atoms with E-state index in [9.17, 15) is 0 Å². The molecule has 0 amide bonds. The fourth-order valence-corrected chi connectivity index (χ4v) is 2.00. The van der Waals surface area contributed by atoms with E-state index in [2.05, 4.69) is 19.6 Å². The number of methoxy groups -OCH3 is 1. The first kappa shape index (κ1) is 14.4. The maximum Gasteiger partial charge on any atom is 0.118 e. The highest BCUT2D eigenvalue weighted by Crippen LogP contribution is 2.13. The van der Waals surface area contributed by atoms with Gasteiger partial charge in [0.2, 0.25) is 0 Å². The first-order valence-corrected chi connectivity index (χ1v) is 6.71. The van der Waals surface area contributed by atoms with E-state index in [0.29, 0.717) is 12.5 Å². The van der Waals surface area contributed by atoms with Crippen LogP contribution in [-0.2, 0) is 11.3 Å². The number of ether oxygens (including phenoxy) is 2. The first-order chi connectivity index (χ1) is 8.26. The molecule has 0 bridgehead atoms. The van der Waals surface area contributed by atoms with E-state index in [1.807, 2.05) is 24.3 Å². The van der Waals surface area contributed by atoms with Crippen molar-refractivity contribution in [3.63, 3.8) is 0 Å². The van der Waals surface area contributed by atoms with Gasteiger partial charge in [0.1, 0.15) is 5.75 Å².